The molecule has 0 N–H and O–H groups in total. The minimum atomic E-state index is -0.125. The molecule has 0 aliphatic carbocycles. The molecule has 20 rings (SSSR count). The Balaban J connectivity index is 0.839. The lowest BCUT2D eigenvalue weighted by molar-refractivity contribution is 0.590. The van der Waals surface area contributed by atoms with Crippen LogP contribution < -0.4 is 26.2 Å². The Morgan fingerprint density at radius 1 is 0.255 bits per heavy atom. The fraction of sp³-hybridized carbons (Fsp3) is 0.0841. The maximum atomic E-state index is 2.78. The molecule has 2 nitrogen and oxygen atoms in total. The topological polar surface area (TPSA) is 6.48 Å². The Hall–Kier alpha value is -13.1. The normalized spacial score (nSPS) is 12.4. The first-order valence-corrected chi connectivity index (χ1v) is 39.1. The summed E-state index contributed by atoms with van der Waals surface area (Å²) < 4.78 is 0. The van der Waals surface area contributed by atoms with Crippen LogP contribution in [0.15, 0.2) is 376 Å². The molecule has 110 heavy (non-hydrogen) atoms. The third-order valence-corrected chi connectivity index (χ3v) is 23.7. The van der Waals surface area contributed by atoms with Crippen LogP contribution in [0.5, 0.6) is 0 Å². The van der Waals surface area contributed by atoms with Crippen LogP contribution in [0.2, 0.25) is 0 Å². The van der Waals surface area contributed by atoms with Gasteiger partial charge in [0.05, 0.1) is 0 Å². The van der Waals surface area contributed by atoms with Gasteiger partial charge in [0.25, 0.3) is 6.71 Å². The SMILES string of the molecule is CC(C)(C)c1ccc(Cc2cc3c4c(c2)N(CCc2c(-c5ccccc5)cc(-c5ccccc5)cc2-c2ccccc2)c2cc(-c5cc6cccc7c8cccc9cccc(c(c5)c67)c98)ccc2B4c2cc(-c4ccccc4)ccc2N3CCc2c(-c3ccccc3)cc(-c3ccccc3)cc2-c2ccccc2)cc1. The van der Waals surface area contributed by atoms with Gasteiger partial charge in [-0.05, 0) is 262 Å². The Morgan fingerprint density at radius 2 is 0.645 bits per heavy atom. The van der Waals surface area contributed by atoms with Gasteiger partial charge in [-0.25, -0.2) is 0 Å². The van der Waals surface area contributed by atoms with Crippen LogP contribution in [-0.4, -0.2) is 19.8 Å². The van der Waals surface area contributed by atoms with Crippen molar-refractivity contribution in [2.24, 2.45) is 0 Å². The Kier molecular flexibility index (Phi) is 16.7. The van der Waals surface area contributed by atoms with Gasteiger partial charge in [0, 0.05) is 35.8 Å². The van der Waals surface area contributed by atoms with E-state index >= 15 is 0 Å². The second-order valence-corrected chi connectivity index (χ2v) is 31.3. The van der Waals surface area contributed by atoms with E-state index in [1.165, 1.54) is 199 Å². The van der Waals surface area contributed by atoms with Crippen LogP contribution in [0.1, 0.15) is 48.6 Å². The quantitative estimate of drug-likeness (QED) is 0.0540. The highest BCUT2D eigenvalue weighted by atomic mass is 15.2. The first kappa shape index (κ1) is 66.4. The van der Waals surface area contributed by atoms with Gasteiger partial charge in [0.1, 0.15) is 0 Å². The number of hydrogen-bond donors (Lipinski definition) is 0. The minimum absolute atomic E-state index is 0.0160. The van der Waals surface area contributed by atoms with Gasteiger partial charge in [0.15, 0.2) is 0 Å². The van der Waals surface area contributed by atoms with E-state index in [0.717, 1.165) is 25.8 Å². The Labute approximate surface area is 645 Å². The van der Waals surface area contributed by atoms with E-state index in [0.29, 0.717) is 6.54 Å². The molecule has 3 heteroatoms. The number of fused-ring (bicyclic) bond motifs is 6. The highest BCUT2D eigenvalue weighted by molar-refractivity contribution is 7.00. The van der Waals surface area contributed by atoms with E-state index in [9.17, 15) is 0 Å². The molecule has 0 saturated heterocycles. The fourth-order valence-corrected chi connectivity index (χ4v) is 18.4. The number of benzene rings is 18. The number of hydrogen-bond acceptors (Lipinski definition) is 2. The van der Waals surface area contributed by atoms with Gasteiger partial charge in [-0.2, -0.15) is 0 Å². The van der Waals surface area contributed by atoms with E-state index in [1.54, 1.807) is 0 Å². The standard InChI is InChI=1S/C107H81BN2/c1-107(2,3)87-52-48-71(49-53-87)60-72-61-102-106-103(62-72)110(59-57-89-95(78-38-21-9-22-39-78)66-86(75-32-15-6-16-33-75)67-96(89)79-40-23-10-24-41-79)101-70-82(84-63-83-44-27-46-91-90-45-25-42-80-43-26-47-92(104(80)90)97(68-84)105(83)91)50-54-98(101)108(106)99-69-81(73-28-11-4-12-29-73)51-55-100(99)109(102)58-56-88-93(76-34-17-7-18-35-76)64-85(74-30-13-5-14-31-74)65-94(88)77-36-19-8-20-37-77/h4-55,61-70H,56-60H2,1-3H3. The van der Waals surface area contributed by atoms with Crippen molar-refractivity contribution >= 4 is 88.9 Å². The first-order valence-electron chi connectivity index (χ1n) is 39.1. The van der Waals surface area contributed by atoms with Crippen molar-refractivity contribution in [3.8, 4) is 89.0 Å². The van der Waals surface area contributed by atoms with Crippen molar-refractivity contribution in [2.75, 3.05) is 22.9 Å². The maximum Gasteiger partial charge on any atom is 0.252 e. The summed E-state index contributed by atoms with van der Waals surface area (Å²) in [6, 6.07) is 143. The lowest BCUT2D eigenvalue weighted by Gasteiger charge is -2.45. The Bertz CT molecular complexity index is 6360. The molecule has 2 aliphatic heterocycles. The van der Waals surface area contributed by atoms with Crippen LogP contribution in [0.25, 0.3) is 132 Å². The van der Waals surface area contributed by atoms with Gasteiger partial charge < -0.3 is 9.80 Å². The summed E-state index contributed by atoms with van der Waals surface area (Å²) in [7, 11) is 0. The number of anilines is 4. The van der Waals surface area contributed by atoms with E-state index in [1.807, 2.05) is 0 Å². The van der Waals surface area contributed by atoms with Gasteiger partial charge in [0.2, 0.25) is 0 Å². The van der Waals surface area contributed by atoms with Gasteiger partial charge >= 0.3 is 0 Å². The summed E-state index contributed by atoms with van der Waals surface area (Å²) in [5.74, 6) is 0. The van der Waals surface area contributed by atoms with E-state index in [-0.39, 0.29) is 12.1 Å². The van der Waals surface area contributed by atoms with Gasteiger partial charge in [-0.3, -0.25) is 0 Å². The summed E-state index contributed by atoms with van der Waals surface area (Å²) in [4.78, 5) is 5.53. The molecule has 0 amide bonds. The van der Waals surface area contributed by atoms with Crippen molar-refractivity contribution in [1.82, 2.24) is 0 Å². The second kappa shape index (κ2) is 27.6. The van der Waals surface area contributed by atoms with Crippen molar-refractivity contribution in [3.05, 3.63) is 404 Å². The average molecular weight is 1410 g/mol. The lowest BCUT2D eigenvalue weighted by Crippen LogP contribution is -2.62. The molecular formula is C107H81BN2. The van der Waals surface area contributed by atoms with Crippen molar-refractivity contribution < 1.29 is 0 Å². The fourth-order valence-electron chi connectivity index (χ4n) is 18.4. The monoisotopic (exact) mass is 1400 g/mol. The van der Waals surface area contributed by atoms with E-state index in [2.05, 4.69) is 407 Å². The summed E-state index contributed by atoms with van der Waals surface area (Å²) in [5, 5.41) is 10.4. The zero-order valence-corrected chi connectivity index (χ0v) is 62.3. The lowest BCUT2D eigenvalue weighted by atomic mass is 9.33. The van der Waals surface area contributed by atoms with Gasteiger partial charge in [-0.15, -0.1) is 0 Å². The van der Waals surface area contributed by atoms with Crippen molar-refractivity contribution in [2.45, 2.75) is 45.4 Å². The minimum Gasteiger partial charge on any atom is -0.342 e. The summed E-state index contributed by atoms with van der Waals surface area (Å²) in [6.45, 7) is 8.24. The highest BCUT2D eigenvalue weighted by Crippen LogP contribution is 2.48. The molecule has 2 aliphatic rings. The molecule has 2 heterocycles. The van der Waals surface area contributed by atoms with Gasteiger partial charge in [-0.1, -0.05) is 336 Å². The molecule has 0 unspecified atom stereocenters. The number of nitrogens with zero attached hydrogens (tertiary/aromatic N) is 2. The molecule has 18 aromatic carbocycles. The molecule has 0 aromatic heterocycles. The van der Waals surface area contributed by atoms with Crippen LogP contribution in [0, 0.1) is 0 Å². The zero-order chi connectivity index (χ0) is 73.4. The molecule has 0 atom stereocenters. The summed E-state index contributed by atoms with van der Waals surface area (Å²) in [6.07, 6.45) is 2.28. The second-order valence-electron chi connectivity index (χ2n) is 31.3. The molecule has 0 saturated carbocycles. The molecule has 0 bridgehead atoms. The summed E-state index contributed by atoms with van der Waals surface area (Å²) >= 11 is 0. The number of rotatable bonds is 16. The van der Waals surface area contributed by atoms with Crippen LogP contribution in [0.3, 0.4) is 0 Å². The maximum absolute atomic E-state index is 2.78. The van der Waals surface area contributed by atoms with Crippen LogP contribution in [-0.2, 0) is 24.7 Å². The predicted molar refractivity (Wildman–Crippen MR) is 471 cm³/mol. The van der Waals surface area contributed by atoms with E-state index in [4.69, 9.17) is 0 Å². The molecule has 0 radical (unpaired) electrons. The third-order valence-electron chi connectivity index (χ3n) is 23.7. The molecular weight excluding hydrogens is 1320 g/mol. The van der Waals surface area contributed by atoms with Crippen LogP contribution >= 0.6 is 0 Å². The van der Waals surface area contributed by atoms with E-state index < -0.39 is 0 Å². The van der Waals surface area contributed by atoms with Crippen LogP contribution in [0.4, 0.5) is 22.7 Å². The predicted octanol–water partition coefficient (Wildman–Crippen LogP) is 25.9. The van der Waals surface area contributed by atoms with Crippen molar-refractivity contribution in [1.29, 1.82) is 0 Å². The highest BCUT2D eigenvalue weighted by Gasteiger charge is 2.43. The molecule has 522 valence electrons. The summed E-state index contributed by atoms with van der Waals surface area (Å²) in [5.41, 5.74) is 35.0. The first-order chi connectivity index (χ1) is 54.2. The average Bonchev–Trinajstić information content (AvgIpc) is 0.705. The Morgan fingerprint density at radius 3 is 1.11 bits per heavy atom. The molecule has 0 spiro atoms. The molecule has 0 fully saturated rings. The zero-order valence-electron chi connectivity index (χ0n) is 62.3. The smallest absolute Gasteiger partial charge is 0.252 e. The van der Waals surface area contributed by atoms with Crippen molar-refractivity contribution in [3.63, 3.8) is 0 Å². The largest absolute Gasteiger partial charge is 0.342 e. The molecule has 18 aromatic rings. The third kappa shape index (κ3) is 11.9.